The van der Waals surface area contributed by atoms with Gasteiger partial charge in [0.2, 0.25) is 0 Å². The van der Waals surface area contributed by atoms with Gasteiger partial charge in [0, 0.05) is 4.88 Å². The van der Waals surface area contributed by atoms with E-state index in [2.05, 4.69) is 54.8 Å². The molecule has 1 aliphatic rings. The molecule has 0 bridgehead atoms. The number of nitrogens with zero attached hydrogens (tertiary/aromatic N) is 2. The Labute approximate surface area is 182 Å². The summed E-state index contributed by atoms with van der Waals surface area (Å²) in [5, 5.41) is 20.2. The highest BCUT2D eigenvalue weighted by molar-refractivity contribution is 9.11. The summed E-state index contributed by atoms with van der Waals surface area (Å²) in [5.41, 5.74) is 1.87. The van der Waals surface area contributed by atoms with Crippen LogP contribution in [0.5, 0.6) is 5.75 Å². The summed E-state index contributed by atoms with van der Waals surface area (Å²) >= 11 is 8.12. The molecule has 0 amide bonds. The van der Waals surface area contributed by atoms with Gasteiger partial charge < -0.3 is 10.1 Å². The number of halogens is 2. The Kier molecular flexibility index (Phi) is 5.17. The average molecular weight is 521 g/mol. The van der Waals surface area contributed by atoms with Gasteiger partial charge in [0.1, 0.15) is 16.6 Å². The Hall–Kier alpha value is -1.95. The Bertz CT molecular complexity index is 1210. The minimum absolute atomic E-state index is 0.0852. The molecule has 2 aromatic heterocycles. The lowest BCUT2D eigenvalue weighted by molar-refractivity contribution is 0.468. The van der Waals surface area contributed by atoms with Gasteiger partial charge in [-0.25, -0.2) is 4.98 Å². The standard InChI is InChI=1S/C20H15Br2N3O2S/c1-9-2-3-12-15(4-9)28-20-16(12)19(27)24-18(25-20)11(8-23)5-10-6-13(21)17(26)14(22)7-10/h5-7,9,26H,2-4H2,1H3,(H,24,25,27)/b11-5-. The number of H-pyrrole nitrogens is 1. The number of allylic oxidation sites excluding steroid dienone is 1. The first kappa shape index (κ1) is 19.4. The van der Waals surface area contributed by atoms with Crippen LogP contribution in [-0.2, 0) is 12.8 Å². The number of thiophene rings is 1. The number of aryl methyl sites for hydroxylation is 1. The third-order valence-electron chi connectivity index (χ3n) is 4.89. The predicted molar refractivity (Wildman–Crippen MR) is 118 cm³/mol. The third kappa shape index (κ3) is 3.43. The van der Waals surface area contributed by atoms with Crippen LogP contribution in [0.25, 0.3) is 21.9 Å². The quantitative estimate of drug-likeness (QED) is 0.442. The molecule has 1 aliphatic carbocycles. The van der Waals surface area contributed by atoms with Crippen molar-refractivity contribution in [2.75, 3.05) is 0 Å². The highest BCUT2D eigenvalue weighted by atomic mass is 79.9. The summed E-state index contributed by atoms with van der Waals surface area (Å²) in [6, 6.07) is 5.51. The summed E-state index contributed by atoms with van der Waals surface area (Å²) < 4.78 is 1.00. The van der Waals surface area contributed by atoms with Gasteiger partial charge in [0.15, 0.2) is 5.82 Å². The van der Waals surface area contributed by atoms with Crippen molar-refractivity contribution in [3.63, 3.8) is 0 Å². The fourth-order valence-corrected chi connectivity index (χ4v) is 6.07. The zero-order valence-corrected chi connectivity index (χ0v) is 18.8. The van der Waals surface area contributed by atoms with E-state index in [1.54, 1.807) is 29.5 Å². The number of aromatic hydroxyl groups is 1. The number of nitriles is 1. The second kappa shape index (κ2) is 7.47. The Morgan fingerprint density at radius 1 is 1.43 bits per heavy atom. The second-order valence-electron chi connectivity index (χ2n) is 6.95. The van der Waals surface area contributed by atoms with Crippen molar-refractivity contribution >= 4 is 65.1 Å². The van der Waals surface area contributed by atoms with Gasteiger partial charge in [-0.15, -0.1) is 11.3 Å². The normalized spacial score (nSPS) is 16.8. The number of benzene rings is 1. The number of hydrogen-bond acceptors (Lipinski definition) is 5. The van der Waals surface area contributed by atoms with E-state index < -0.39 is 0 Å². The van der Waals surface area contributed by atoms with E-state index in [-0.39, 0.29) is 22.7 Å². The van der Waals surface area contributed by atoms with E-state index in [4.69, 9.17) is 0 Å². The molecule has 0 saturated heterocycles. The molecule has 28 heavy (non-hydrogen) atoms. The van der Waals surface area contributed by atoms with Gasteiger partial charge in [-0.1, -0.05) is 6.92 Å². The zero-order chi connectivity index (χ0) is 20.0. The second-order valence-corrected chi connectivity index (χ2v) is 9.74. The highest BCUT2D eigenvalue weighted by Gasteiger charge is 2.23. The molecule has 8 heteroatoms. The minimum Gasteiger partial charge on any atom is -0.506 e. The van der Waals surface area contributed by atoms with Crippen LogP contribution in [0.3, 0.4) is 0 Å². The first-order valence-corrected chi connectivity index (χ1v) is 11.1. The molecule has 1 aromatic carbocycles. The summed E-state index contributed by atoms with van der Waals surface area (Å²) in [6.45, 7) is 2.22. The van der Waals surface area contributed by atoms with Crippen molar-refractivity contribution < 1.29 is 5.11 Å². The molecule has 0 aliphatic heterocycles. The van der Waals surface area contributed by atoms with Crippen molar-refractivity contribution in [2.45, 2.75) is 26.2 Å². The molecule has 4 rings (SSSR count). The molecule has 0 spiro atoms. The smallest absolute Gasteiger partial charge is 0.260 e. The fraction of sp³-hybridized carbons (Fsp3) is 0.250. The number of aromatic amines is 1. The molecule has 0 fully saturated rings. The number of phenols is 1. The molecule has 0 saturated carbocycles. The molecule has 2 heterocycles. The molecule has 3 aromatic rings. The lowest BCUT2D eigenvalue weighted by atomic mass is 9.89. The van der Waals surface area contributed by atoms with Crippen molar-refractivity contribution in [3.05, 3.63) is 53.3 Å². The largest absolute Gasteiger partial charge is 0.506 e. The molecular weight excluding hydrogens is 506 g/mol. The van der Waals surface area contributed by atoms with Crippen molar-refractivity contribution in [3.8, 4) is 11.8 Å². The number of aromatic nitrogens is 2. The van der Waals surface area contributed by atoms with Gasteiger partial charge in [0.25, 0.3) is 5.56 Å². The van der Waals surface area contributed by atoms with E-state index in [0.29, 0.717) is 30.6 Å². The van der Waals surface area contributed by atoms with Crippen LogP contribution in [0.1, 0.15) is 35.2 Å². The molecule has 0 radical (unpaired) electrons. The van der Waals surface area contributed by atoms with Gasteiger partial charge in [0.05, 0.1) is 19.9 Å². The van der Waals surface area contributed by atoms with E-state index in [0.717, 1.165) is 24.8 Å². The Balaban J connectivity index is 1.84. The lowest BCUT2D eigenvalue weighted by Gasteiger charge is -2.17. The third-order valence-corrected chi connectivity index (χ3v) is 7.25. The highest BCUT2D eigenvalue weighted by Crippen LogP contribution is 2.36. The van der Waals surface area contributed by atoms with Gasteiger partial charge in [-0.05, 0) is 86.4 Å². The minimum atomic E-state index is -0.193. The van der Waals surface area contributed by atoms with Crippen LogP contribution in [0.15, 0.2) is 25.9 Å². The maximum Gasteiger partial charge on any atom is 0.260 e. The first-order valence-electron chi connectivity index (χ1n) is 8.72. The van der Waals surface area contributed by atoms with E-state index in [1.165, 1.54) is 4.88 Å². The molecule has 142 valence electrons. The Morgan fingerprint density at radius 3 is 2.82 bits per heavy atom. The number of phenolic OH excluding ortho intramolecular Hbond substituents is 1. The fourth-order valence-electron chi connectivity index (χ4n) is 3.47. The van der Waals surface area contributed by atoms with Gasteiger partial charge >= 0.3 is 0 Å². The number of fused-ring (bicyclic) bond motifs is 3. The van der Waals surface area contributed by atoms with Crippen LogP contribution in [0.2, 0.25) is 0 Å². The predicted octanol–water partition coefficient (Wildman–Crippen LogP) is 5.40. The van der Waals surface area contributed by atoms with Crippen molar-refractivity contribution in [1.82, 2.24) is 9.97 Å². The van der Waals surface area contributed by atoms with E-state index in [1.807, 2.05) is 0 Å². The Morgan fingerprint density at radius 2 is 2.14 bits per heavy atom. The lowest BCUT2D eigenvalue weighted by Crippen LogP contribution is -2.14. The average Bonchev–Trinajstić information content (AvgIpc) is 3.01. The zero-order valence-electron chi connectivity index (χ0n) is 14.8. The topological polar surface area (TPSA) is 89.8 Å². The molecule has 5 nitrogen and oxygen atoms in total. The maximum atomic E-state index is 12.8. The SMILES string of the molecule is CC1CCc2c(sc3nc(/C(C#N)=C\c4cc(Br)c(O)c(Br)c4)[nH]c(=O)c23)C1. The maximum absolute atomic E-state index is 12.8. The van der Waals surface area contributed by atoms with Crippen LogP contribution in [0.4, 0.5) is 0 Å². The molecule has 2 N–H and O–H groups in total. The van der Waals surface area contributed by atoms with Crippen molar-refractivity contribution in [1.29, 1.82) is 5.26 Å². The number of rotatable bonds is 2. The van der Waals surface area contributed by atoms with Gasteiger partial charge in [-0.2, -0.15) is 5.26 Å². The van der Waals surface area contributed by atoms with Crippen molar-refractivity contribution in [2.24, 2.45) is 5.92 Å². The van der Waals surface area contributed by atoms with Crippen LogP contribution in [0, 0.1) is 17.2 Å². The summed E-state index contributed by atoms with van der Waals surface area (Å²) in [5.74, 6) is 0.953. The molecular formula is C20H15Br2N3O2S. The first-order chi connectivity index (χ1) is 13.4. The summed E-state index contributed by atoms with van der Waals surface area (Å²) in [4.78, 5) is 22.1. The summed E-state index contributed by atoms with van der Waals surface area (Å²) in [7, 11) is 0. The number of hydrogen-bond donors (Lipinski definition) is 2. The van der Waals surface area contributed by atoms with E-state index >= 15 is 0 Å². The van der Waals surface area contributed by atoms with Crippen LogP contribution >= 0.6 is 43.2 Å². The van der Waals surface area contributed by atoms with E-state index in [9.17, 15) is 15.2 Å². The molecule has 1 atom stereocenters. The summed E-state index contributed by atoms with van der Waals surface area (Å²) in [6.07, 6.45) is 4.58. The van der Waals surface area contributed by atoms with Crippen LogP contribution in [-0.4, -0.2) is 15.1 Å². The van der Waals surface area contributed by atoms with Gasteiger partial charge in [-0.3, -0.25) is 4.79 Å². The number of nitrogens with one attached hydrogen (secondary N) is 1. The molecule has 1 unspecified atom stereocenters. The van der Waals surface area contributed by atoms with Crippen LogP contribution < -0.4 is 5.56 Å². The monoisotopic (exact) mass is 519 g/mol.